The van der Waals surface area contributed by atoms with Crippen molar-refractivity contribution in [2.75, 3.05) is 24.6 Å². The van der Waals surface area contributed by atoms with E-state index in [9.17, 15) is 13.2 Å². The number of carbonyl (C=O) groups is 1. The first-order chi connectivity index (χ1) is 8.15. The quantitative estimate of drug-likeness (QED) is 0.768. The van der Waals surface area contributed by atoms with Gasteiger partial charge in [-0.1, -0.05) is 0 Å². The minimum absolute atomic E-state index is 0.0563. The van der Waals surface area contributed by atoms with E-state index in [0.29, 0.717) is 13.1 Å². The predicted octanol–water partition coefficient (Wildman–Crippen LogP) is -0.00770. The Labute approximate surface area is 108 Å². The van der Waals surface area contributed by atoms with E-state index in [1.165, 1.54) is 0 Å². The number of rotatable bonds is 2. The summed E-state index contributed by atoms with van der Waals surface area (Å²) in [7, 11) is -2.78. The normalized spacial score (nSPS) is 24.3. The summed E-state index contributed by atoms with van der Waals surface area (Å²) in [5.74, 6) is 0.436. The number of ether oxygens (including phenoxy) is 1. The molecule has 2 heterocycles. The number of hydrogen-bond donors (Lipinski definition) is 1. The van der Waals surface area contributed by atoms with Crippen LogP contribution in [-0.4, -0.2) is 61.7 Å². The summed E-state index contributed by atoms with van der Waals surface area (Å²) in [6.45, 7) is 6.68. The van der Waals surface area contributed by atoms with Crippen molar-refractivity contribution in [3.8, 4) is 0 Å². The van der Waals surface area contributed by atoms with E-state index in [2.05, 4.69) is 5.32 Å². The summed E-state index contributed by atoms with van der Waals surface area (Å²) >= 11 is 0. The zero-order valence-electron chi connectivity index (χ0n) is 11.0. The van der Waals surface area contributed by atoms with E-state index in [1.807, 2.05) is 20.8 Å². The highest BCUT2D eigenvalue weighted by Crippen LogP contribution is 2.17. The summed E-state index contributed by atoms with van der Waals surface area (Å²) in [6, 6.07) is 0.249. The Bertz CT molecular complexity index is 422. The van der Waals surface area contributed by atoms with Crippen molar-refractivity contribution in [1.29, 1.82) is 0 Å². The number of sulfone groups is 1. The van der Waals surface area contributed by atoms with Gasteiger partial charge in [0.1, 0.15) is 5.60 Å². The van der Waals surface area contributed by atoms with Gasteiger partial charge >= 0.3 is 6.09 Å². The summed E-state index contributed by atoms with van der Waals surface area (Å²) < 4.78 is 27.2. The number of likely N-dealkylation sites (tertiary alicyclic amines) is 1. The monoisotopic (exact) mass is 276 g/mol. The van der Waals surface area contributed by atoms with Crippen molar-refractivity contribution >= 4 is 15.9 Å². The average molecular weight is 276 g/mol. The molecule has 18 heavy (non-hydrogen) atoms. The fourth-order valence-electron chi connectivity index (χ4n) is 2.05. The Morgan fingerprint density at radius 1 is 1.22 bits per heavy atom. The van der Waals surface area contributed by atoms with Gasteiger partial charge < -0.3 is 15.0 Å². The maximum atomic E-state index is 11.6. The molecule has 0 radical (unpaired) electrons. The number of hydrogen-bond acceptors (Lipinski definition) is 5. The molecular weight excluding hydrogens is 256 g/mol. The van der Waals surface area contributed by atoms with Gasteiger partial charge in [-0.05, 0) is 20.8 Å². The molecule has 0 aromatic carbocycles. The molecule has 0 aliphatic carbocycles. The zero-order chi connectivity index (χ0) is 13.6. The molecule has 0 spiro atoms. The molecule has 1 amide bonds. The van der Waals surface area contributed by atoms with E-state index >= 15 is 0 Å². The van der Waals surface area contributed by atoms with Gasteiger partial charge in [-0.15, -0.1) is 0 Å². The van der Waals surface area contributed by atoms with Crippen LogP contribution in [0, 0.1) is 0 Å². The minimum atomic E-state index is -2.78. The van der Waals surface area contributed by atoms with Crippen molar-refractivity contribution in [1.82, 2.24) is 10.2 Å². The first-order valence-corrected chi connectivity index (χ1v) is 7.91. The van der Waals surface area contributed by atoms with Crippen LogP contribution in [0.2, 0.25) is 0 Å². The van der Waals surface area contributed by atoms with Crippen LogP contribution in [0.1, 0.15) is 20.8 Å². The number of amides is 1. The number of nitrogens with one attached hydrogen (secondary N) is 1. The van der Waals surface area contributed by atoms with E-state index in [0.717, 1.165) is 0 Å². The third-order valence-corrected chi connectivity index (χ3v) is 4.74. The van der Waals surface area contributed by atoms with Crippen LogP contribution >= 0.6 is 0 Å². The zero-order valence-corrected chi connectivity index (χ0v) is 11.8. The van der Waals surface area contributed by atoms with E-state index in [4.69, 9.17) is 4.74 Å². The van der Waals surface area contributed by atoms with Gasteiger partial charge in [0.05, 0.1) is 11.5 Å². The third kappa shape index (κ3) is 3.35. The van der Waals surface area contributed by atoms with Crippen molar-refractivity contribution in [3.63, 3.8) is 0 Å². The largest absolute Gasteiger partial charge is 0.444 e. The first kappa shape index (κ1) is 13.6. The highest BCUT2D eigenvalue weighted by molar-refractivity contribution is 7.92. The van der Waals surface area contributed by atoms with Gasteiger partial charge in [0.2, 0.25) is 0 Å². The maximum absolute atomic E-state index is 11.6. The molecule has 1 N–H and O–H groups in total. The molecule has 2 aliphatic heterocycles. The standard InChI is InChI=1S/C11H20N2O4S/c1-11(2,3)17-10(14)13-4-8(5-13)12-9-6-18(15,16)7-9/h8-9,12H,4-7H2,1-3H3. The molecule has 0 unspecified atom stereocenters. The second kappa shape index (κ2) is 4.38. The lowest BCUT2D eigenvalue weighted by atomic mass is 10.1. The van der Waals surface area contributed by atoms with Crippen LogP contribution in [0.4, 0.5) is 4.79 Å². The lowest BCUT2D eigenvalue weighted by Gasteiger charge is -2.43. The molecule has 0 saturated carbocycles. The van der Waals surface area contributed by atoms with Crippen LogP contribution in [0.25, 0.3) is 0 Å². The summed E-state index contributed by atoms with van der Waals surface area (Å²) in [5, 5.41) is 3.23. The molecule has 2 fully saturated rings. The first-order valence-electron chi connectivity index (χ1n) is 6.09. The van der Waals surface area contributed by atoms with Crippen LogP contribution in [-0.2, 0) is 14.6 Å². The van der Waals surface area contributed by atoms with Gasteiger partial charge in [-0.25, -0.2) is 13.2 Å². The molecule has 2 saturated heterocycles. The SMILES string of the molecule is CC(C)(C)OC(=O)N1CC(NC2CS(=O)(=O)C2)C1. The van der Waals surface area contributed by atoms with Gasteiger partial charge in [-0.2, -0.15) is 0 Å². The molecular formula is C11H20N2O4S. The second-order valence-corrected chi connectivity index (χ2v) is 8.18. The molecule has 0 bridgehead atoms. The number of nitrogens with zero attached hydrogens (tertiary/aromatic N) is 1. The summed E-state index contributed by atoms with van der Waals surface area (Å²) in [4.78, 5) is 13.3. The van der Waals surface area contributed by atoms with Crippen LogP contribution in [0.3, 0.4) is 0 Å². The highest BCUT2D eigenvalue weighted by atomic mass is 32.2. The Balaban J connectivity index is 1.67. The fourth-order valence-corrected chi connectivity index (χ4v) is 3.37. The molecule has 0 aromatic rings. The van der Waals surface area contributed by atoms with Crippen molar-refractivity contribution < 1.29 is 17.9 Å². The van der Waals surface area contributed by atoms with Gasteiger partial charge in [0.25, 0.3) is 0 Å². The second-order valence-electron chi connectivity index (χ2n) is 6.02. The lowest BCUT2D eigenvalue weighted by Crippen LogP contribution is -2.65. The molecule has 0 atom stereocenters. The minimum Gasteiger partial charge on any atom is -0.444 e. The molecule has 7 heteroatoms. The van der Waals surface area contributed by atoms with Crippen LogP contribution in [0.5, 0.6) is 0 Å². The Kier molecular flexibility index (Phi) is 3.31. The fraction of sp³-hybridized carbons (Fsp3) is 0.909. The summed E-state index contributed by atoms with van der Waals surface area (Å²) in [5.41, 5.74) is -0.475. The molecule has 6 nitrogen and oxygen atoms in total. The van der Waals surface area contributed by atoms with Gasteiger partial charge in [-0.3, -0.25) is 0 Å². The van der Waals surface area contributed by atoms with Crippen LogP contribution in [0.15, 0.2) is 0 Å². The molecule has 104 valence electrons. The van der Waals surface area contributed by atoms with E-state index in [1.54, 1.807) is 4.90 Å². The smallest absolute Gasteiger partial charge is 0.410 e. The van der Waals surface area contributed by atoms with Crippen molar-refractivity contribution in [3.05, 3.63) is 0 Å². The maximum Gasteiger partial charge on any atom is 0.410 e. The van der Waals surface area contributed by atoms with E-state index in [-0.39, 0.29) is 29.7 Å². The highest BCUT2D eigenvalue weighted by Gasteiger charge is 2.39. The van der Waals surface area contributed by atoms with Crippen molar-refractivity contribution in [2.24, 2.45) is 0 Å². The lowest BCUT2D eigenvalue weighted by molar-refractivity contribution is 0.00446. The average Bonchev–Trinajstić information content (AvgIpc) is 2.03. The van der Waals surface area contributed by atoms with E-state index < -0.39 is 15.4 Å². The van der Waals surface area contributed by atoms with Gasteiger partial charge in [0, 0.05) is 25.2 Å². The Hall–Kier alpha value is -0.820. The molecule has 2 aliphatic rings. The topological polar surface area (TPSA) is 75.7 Å². The molecule has 0 aromatic heterocycles. The summed E-state index contributed by atoms with van der Waals surface area (Å²) in [6.07, 6.45) is -0.304. The Morgan fingerprint density at radius 3 is 2.22 bits per heavy atom. The Morgan fingerprint density at radius 2 is 1.78 bits per heavy atom. The van der Waals surface area contributed by atoms with Crippen molar-refractivity contribution in [2.45, 2.75) is 38.5 Å². The number of carbonyl (C=O) groups excluding carboxylic acids is 1. The molecule has 2 rings (SSSR count). The van der Waals surface area contributed by atoms with Gasteiger partial charge in [0.15, 0.2) is 9.84 Å². The predicted molar refractivity (Wildman–Crippen MR) is 67.2 cm³/mol. The third-order valence-electron chi connectivity index (χ3n) is 2.91. The van der Waals surface area contributed by atoms with Crippen LogP contribution < -0.4 is 5.32 Å².